The molecule has 2 aromatic rings. The minimum atomic E-state index is -1.35. The number of fused-ring (bicyclic) bond motifs is 4. The van der Waals surface area contributed by atoms with Crippen LogP contribution in [0.5, 0.6) is 0 Å². The van der Waals surface area contributed by atoms with Gasteiger partial charge in [0.15, 0.2) is 0 Å². The van der Waals surface area contributed by atoms with Crippen molar-refractivity contribution in [3.63, 3.8) is 0 Å². The third-order valence-corrected chi connectivity index (χ3v) is 9.70. The van der Waals surface area contributed by atoms with E-state index in [1.165, 1.54) is 11.8 Å². The van der Waals surface area contributed by atoms with Gasteiger partial charge in [-0.2, -0.15) is 0 Å². The lowest BCUT2D eigenvalue weighted by molar-refractivity contribution is -0.142. The summed E-state index contributed by atoms with van der Waals surface area (Å²) in [5.74, 6) is -0.242. The van der Waals surface area contributed by atoms with Crippen molar-refractivity contribution in [2.75, 3.05) is 0 Å². The van der Waals surface area contributed by atoms with Crippen molar-refractivity contribution < 1.29 is 46.9 Å². The molecule has 14 heteroatoms. The fourth-order valence-electron chi connectivity index (χ4n) is 7.35. The Kier molecular flexibility index (Phi) is 14.9. The van der Waals surface area contributed by atoms with Gasteiger partial charge < -0.3 is 30.0 Å². The van der Waals surface area contributed by atoms with E-state index >= 15 is 0 Å². The zero-order chi connectivity index (χ0) is 40.5. The van der Waals surface area contributed by atoms with Crippen molar-refractivity contribution in [3.8, 4) is 0 Å². The smallest absolute Gasteiger partial charge is 0.410 e. The summed E-state index contributed by atoms with van der Waals surface area (Å²) in [5, 5.41) is 2.63. The number of carbonyl (C=O) groups excluding carboxylic acids is 4. The first-order valence-electron chi connectivity index (χ1n) is 19.0. The number of hydrogen-bond acceptors (Lipinski definition) is 9. The van der Waals surface area contributed by atoms with E-state index in [-0.39, 0.29) is 24.7 Å². The predicted octanol–water partition coefficient (Wildman–Crippen LogP) is 7.36. The highest BCUT2D eigenvalue weighted by molar-refractivity contribution is 5.71. The SMILES string of the molecule is CC(=O)OCc1ccccc1.CC(C)(C)OC(=O)N1[C@@H]2CC[C@H]1[C@H](F)[C@H](N)C2.CC(C)(C)OC(=O)N1[C@@H]2CC[C@H]1[C@H](F)[C@H](NC(=O)OCc1ccccc1)C2. The summed E-state index contributed by atoms with van der Waals surface area (Å²) >= 11 is 0. The first-order valence-corrected chi connectivity index (χ1v) is 19.0. The summed E-state index contributed by atoms with van der Waals surface area (Å²) in [6, 6.07) is 16.8. The molecule has 304 valence electrons. The number of nitrogens with two attached hydrogens (primary N) is 1. The van der Waals surface area contributed by atoms with Gasteiger partial charge in [-0.3, -0.25) is 14.6 Å². The largest absolute Gasteiger partial charge is 0.461 e. The van der Waals surface area contributed by atoms with E-state index in [1.807, 2.05) is 81.4 Å². The summed E-state index contributed by atoms with van der Waals surface area (Å²) in [5.41, 5.74) is 6.45. The summed E-state index contributed by atoms with van der Waals surface area (Å²) in [6.45, 7) is 12.7. The number of alkyl halides is 2. The number of amides is 3. The first-order chi connectivity index (χ1) is 25.8. The monoisotopic (exact) mass is 772 g/mol. The highest BCUT2D eigenvalue weighted by Gasteiger charge is 2.52. The van der Waals surface area contributed by atoms with Crippen LogP contribution in [0.15, 0.2) is 60.7 Å². The molecule has 4 heterocycles. The Morgan fingerprint density at radius 1 is 0.691 bits per heavy atom. The second kappa shape index (κ2) is 18.9. The van der Waals surface area contributed by atoms with Crippen LogP contribution in [0.2, 0.25) is 0 Å². The van der Waals surface area contributed by atoms with Gasteiger partial charge in [0.05, 0.1) is 18.1 Å². The number of carbonyl (C=O) groups is 4. The Morgan fingerprint density at radius 3 is 1.58 bits per heavy atom. The van der Waals surface area contributed by atoms with Crippen LogP contribution in [0.25, 0.3) is 0 Å². The summed E-state index contributed by atoms with van der Waals surface area (Å²) in [6.07, 6.45) is -0.296. The van der Waals surface area contributed by atoms with Crippen molar-refractivity contribution in [2.45, 2.75) is 160 Å². The van der Waals surface area contributed by atoms with Crippen molar-refractivity contribution in [1.29, 1.82) is 0 Å². The molecule has 2 aromatic carbocycles. The van der Waals surface area contributed by atoms with Gasteiger partial charge in [0.1, 0.15) is 36.8 Å². The lowest BCUT2D eigenvalue weighted by Crippen LogP contribution is -2.60. The molecule has 0 unspecified atom stereocenters. The maximum Gasteiger partial charge on any atom is 0.410 e. The highest BCUT2D eigenvalue weighted by atomic mass is 19.1. The van der Waals surface area contributed by atoms with Gasteiger partial charge in [-0.1, -0.05) is 60.7 Å². The normalized spacial score (nSPS) is 26.7. The van der Waals surface area contributed by atoms with Crippen LogP contribution in [-0.4, -0.2) is 93.8 Å². The molecule has 0 spiro atoms. The van der Waals surface area contributed by atoms with E-state index in [9.17, 15) is 28.0 Å². The molecule has 0 radical (unpaired) electrons. The van der Waals surface area contributed by atoms with Crippen molar-refractivity contribution in [1.82, 2.24) is 15.1 Å². The third kappa shape index (κ3) is 12.8. The molecule has 3 amide bonds. The van der Waals surface area contributed by atoms with Crippen LogP contribution in [0.3, 0.4) is 0 Å². The highest BCUT2D eigenvalue weighted by Crippen LogP contribution is 2.39. The summed E-state index contributed by atoms with van der Waals surface area (Å²) < 4.78 is 49.6. The van der Waals surface area contributed by atoms with Crippen LogP contribution in [-0.2, 0) is 37.0 Å². The Labute approximate surface area is 323 Å². The lowest BCUT2D eigenvalue weighted by Gasteiger charge is -2.41. The summed E-state index contributed by atoms with van der Waals surface area (Å²) in [4.78, 5) is 50.0. The number of nitrogens with zero attached hydrogens (tertiary/aromatic N) is 2. The molecule has 12 nitrogen and oxygen atoms in total. The lowest BCUT2D eigenvalue weighted by atomic mass is 9.96. The van der Waals surface area contributed by atoms with Crippen LogP contribution in [0.1, 0.15) is 98.1 Å². The first kappa shape index (κ1) is 43.3. The Morgan fingerprint density at radius 2 is 1.13 bits per heavy atom. The number of hydrogen-bond donors (Lipinski definition) is 2. The maximum absolute atomic E-state index is 15.0. The van der Waals surface area contributed by atoms with E-state index in [0.29, 0.717) is 38.7 Å². The number of ether oxygens (including phenoxy) is 4. The van der Waals surface area contributed by atoms with E-state index in [4.69, 9.17) is 24.7 Å². The molecule has 0 aliphatic carbocycles. The minimum Gasteiger partial charge on any atom is -0.461 e. The van der Waals surface area contributed by atoms with Gasteiger partial charge in [0, 0.05) is 25.0 Å². The predicted molar refractivity (Wildman–Crippen MR) is 202 cm³/mol. The Balaban J connectivity index is 0.000000204. The van der Waals surface area contributed by atoms with Gasteiger partial charge in [-0.15, -0.1) is 0 Å². The molecule has 4 aliphatic rings. The van der Waals surface area contributed by atoms with Crippen molar-refractivity contribution in [3.05, 3.63) is 71.8 Å². The van der Waals surface area contributed by atoms with E-state index in [0.717, 1.165) is 17.5 Å². The number of nitrogens with one attached hydrogen (secondary N) is 1. The quantitative estimate of drug-likeness (QED) is 0.235. The van der Waals surface area contributed by atoms with Gasteiger partial charge in [-0.05, 0) is 91.2 Å². The minimum absolute atomic E-state index is 0.0526. The second-order valence-corrected chi connectivity index (χ2v) is 16.5. The Bertz CT molecular complexity index is 1570. The average molecular weight is 773 g/mol. The molecule has 0 saturated carbocycles. The van der Waals surface area contributed by atoms with E-state index in [1.54, 1.807) is 25.7 Å². The molecule has 4 fully saturated rings. The Hall–Kier alpha value is -4.46. The van der Waals surface area contributed by atoms with Gasteiger partial charge in [0.2, 0.25) is 0 Å². The number of halogens is 2. The average Bonchev–Trinajstić information content (AvgIpc) is 3.65. The molecule has 4 bridgehead atoms. The van der Waals surface area contributed by atoms with Gasteiger partial charge in [-0.25, -0.2) is 23.2 Å². The summed E-state index contributed by atoms with van der Waals surface area (Å²) in [7, 11) is 0. The van der Waals surface area contributed by atoms with Gasteiger partial charge >= 0.3 is 24.2 Å². The maximum atomic E-state index is 15.0. The van der Waals surface area contributed by atoms with Crippen molar-refractivity contribution >= 4 is 24.2 Å². The fraction of sp³-hybridized carbons (Fsp3) is 0.610. The zero-order valence-corrected chi connectivity index (χ0v) is 33.0. The molecule has 8 atom stereocenters. The van der Waals surface area contributed by atoms with E-state index < -0.39 is 66.0 Å². The number of esters is 1. The molecule has 4 saturated heterocycles. The number of piperidine rings is 2. The molecular weight excluding hydrogens is 714 g/mol. The number of alkyl carbamates (subject to hydrolysis) is 1. The van der Waals surface area contributed by atoms with Crippen LogP contribution in [0, 0.1) is 0 Å². The third-order valence-electron chi connectivity index (χ3n) is 9.70. The molecule has 55 heavy (non-hydrogen) atoms. The molecular formula is C41H58F2N4O8. The van der Waals surface area contributed by atoms with E-state index in [2.05, 4.69) is 5.32 Å². The fourth-order valence-corrected chi connectivity index (χ4v) is 7.35. The number of rotatable bonds is 5. The zero-order valence-electron chi connectivity index (χ0n) is 33.0. The molecule has 0 aromatic heterocycles. The van der Waals surface area contributed by atoms with Crippen LogP contribution >= 0.6 is 0 Å². The molecule has 3 N–H and O–H groups in total. The van der Waals surface area contributed by atoms with Crippen LogP contribution in [0.4, 0.5) is 23.2 Å². The van der Waals surface area contributed by atoms with Crippen LogP contribution < -0.4 is 11.1 Å². The second-order valence-electron chi connectivity index (χ2n) is 16.5. The standard InChI is InChI=1S/C20H27FN2O4.C12H21FN2O2.C9H10O2/c1-20(2,3)27-19(25)23-14-9-10-16(23)17(21)15(11-14)22-18(24)26-12-13-7-5-4-6-8-13;1-12(2,3)17-11(16)15-7-4-5-9(15)10(13)8(14)6-7;1-8(10)11-7-9-5-3-2-4-6-9/h4-8,14-17H,9-12H2,1-3H3,(H,22,24);7-10H,4-6,14H2,1-3H3;2-6H,7H2,1H3/t14-,15-,16+,17-;7-,8-,9+,10-;/m11./s1. The van der Waals surface area contributed by atoms with Crippen molar-refractivity contribution in [2.24, 2.45) is 5.73 Å². The molecule has 4 aliphatic heterocycles. The topological polar surface area (TPSA) is 150 Å². The molecule has 6 rings (SSSR count). The van der Waals surface area contributed by atoms with Gasteiger partial charge in [0.25, 0.3) is 0 Å². The number of benzene rings is 2.